The number of allylic oxidation sites excluding steroid dienone is 1. The molecule has 0 nitrogen and oxygen atoms in total. The zero-order valence-corrected chi connectivity index (χ0v) is 14.4. The van der Waals surface area contributed by atoms with E-state index >= 15 is 0 Å². The van der Waals surface area contributed by atoms with Gasteiger partial charge in [-0.05, 0) is 48.9 Å². The van der Waals surface area contributed by atoms with Crippen LogP contribution in [0.3, 0.4) is 0 Å². The molecule has 3 rings (SSSR count). The summed E-state index contributed by atoms with van der Waals surface area (Å²) in [5, 5.41) is 4.21. The van der Waals surface area contributed by atoms with Gasteiger partial charge in [-0.2, -0.15) is 0 Å². The fraction of sp³-hybridized carbons (Fsp3) is 0.0909. The van der Waals surface area contributed by atoms with Crippen LogP contribution in [0.5, 0.6) is 0 Å². The number of benzene rings is 3. The first-order valence-corrected chi connectivity index (χ1v) is 9.97. The Morgan fingerprint density at radius 3 is 1.26 bits per heavy atom. The molecule has 23 heavy (non-hydrogen) atoms. The van der Waals surface area contributed by atoms with E-state index in [4.69, 9.17) is 0 Å². The Bertz CT molecular complexity index is 649. The molecule has 3 aromatic carbocycles. The lowest BCUT2D eigenvalue weighted by Gasteiger charge is -2.24. The lowest BCUT2D eigenvalue weighted by atomic mass is 10.4. The summed E-state index contributed by atoms with van der Waals surface area (Å²) < 4.78 is 0. The minimum Gasteiger partial charge on any atom is -0.0620 e. The van der Waals surface area contributed by atoms with Gasteiger partial charge in [0.25, 0.3) is 0 Å². The predicted octanol–water partition coefficient (Wildman–Crippen LogP) is 4.90. The minimum atomic E-state index is -1.75. The quantitative estimate of drug-likeness (QED) is 0.587. The van der Waals surface area contributed by atoms with E-state index in [-0.39, 0.29) is 0 Å². The first-order chi connectivity index (χ1) is 11.4. The van der Waals surface area contributed by atoms with Crippen LogP contribution < -0.4 is 15.9 Å². The molecule has 0 saturated carbocycles. The van der Waals surface area contributed by atoms with Gasteiger partial charge < -0.3 is 0 Å². The second-order valence-electron chi connectivity index (χ2n) is 5.52. The first kappa shape index (κ1) is 15.7. The van der Waals surface area contributed by atoms with Crippen molar-refractivity contribution < 1.29 is 0 Å². The van der Waals surface area contributed by atoms with Crippen molar-refractivity contribution in [2.75, 3.05) is 0 Å². The largest absolute Gasteiger partial charge is 0.136 e. The third kappa shape index (κ3) is 3.14. The summed E-state index contributed by atoms with van der Waals surface area (Å²) in [6.07, 6.45) is 3.37. The molecule has 0 aliphatic heterocycles. The highest BCUT2D eigenvalue weighted by Gasteiger charge is 2.42. The molecule has 0 radical (unpaired) electrons. The zero-order valence-electron chi connectivity index (χ0n) is 13.5. The molecule has 0 bridgehead atoms. The molecule has 0 spiro atoms. The Balaban J connectivity index is 2.33. The molecule has 0 aromatic heterocycles. The maximum absolute atomic E-state index is 2.47. The molecule has 0 saturated heterocycles. The molecule has 0 aliphatic rings. The summed E-state index contributed by atoms with van der Waals surface area (Å²) in [7, 11) is -1.75. The topological polar surface area (TPSA) is 0 Å². The summed E-state index contributed by atoms with van der Waals surface area (Å²) in [5.41, 5.74) is 0. The van der Waals surface area contributed by atoms with E-state index in [0.29, 0.717) is 0 Å². The molecule has 0 unspecified atom stereocenters. The van der Waals surface area contributed by atoms with Gasteiger partial charge in [-0.3, -0.25) is 0 Å². The van der Waals surface area contributed by atoms with Gasteiger partial charge in [0.1, 0.15) is 23.2 Å². The van der Waals surface area contributed by atoms with Gasteiger partial charge in [0.05, 0.1) is 5.82 Å². The monoisotopic (exact) mass is 317 g/mol. The van der Waals surface area contributed by atoms with Crippen LogP contribution in [0.4, 0.5) is 0 Å². The minimum absolute atomic E-state index is 1.05. The van der Waals surface area contributed by atoms with Crippen molar-refractivity contribution in [2.24, 2.45) is 0 Å². The van der Waals surface area contributed by atoms with Crippen molar-refractivity contribution in [3.8, 4) is 0 Å². The normalized spacial score (nSPS) is 11.7. The van der Waals surface area contributed by atoms with Crippen LogP contribution in [0, 0.1) is 0 Å². The average molecular weight is 317 g/mol. The van der Waals surface area contributed by atoms with Gasteiger partial charge in [-0.15, -0.1) is 0 Å². The average Bonchev–Trinajstić information content (AvgIpc) is 2.65. The first-order valence-electron chi connectivity index (χ1n) is 8.11. The van der Waals surface area contributed by atoms with Crippen molar-refractivity contribution in [3.05, 3.63) is 103 Å². The van der Waals surface area contributed by atoms with Crippen LogP contribution in [0.25, 0.3) is 0 Å². The smallest absolute Gasteiger partial charge is 0.0620 e. The number of hydrogen-bond acceptors (Lipinski definition) is 0. The fourth-order valence-electron chi connectivity index (χ4n) is 2.96. The highest BCUT2D eigenvalue weighted by Crippen LogP contribution is 2.56. The van der Waals surface area contributed by atoms with Crippen LogP contribution in [0.2, 0.25) is 0 Å². The van der Waals surface area contributed by atoms with Crippen molar-refractivity contribution in [3.63, 3.8) is 0 Å². The Hall–Kier alpha value is -2.17. The Morgan fingerprint density at radius 2 is 0.957 bits per heavy atom. The third-order valence-corrected chi connectivity index (χ3v) is 8.05. The zero-order chi connectivity index (χ0) is 16.0. The molecule has 0 amide bonds. The lowest BCUT2D eigenvalue weighted by molar-refractivity contribution is 1.23. The van der Waals surface area contributed by atoms with Gasteiger partial charge in [-0.25, -0.2) is 0 Å². The summed E-state index contributed by atoms with van der Waals surface area (Å²) in [4.78, 5) is 0. The van der Waals surface area contributed by atoms with E-state index in [9.17, 15) is 0 Å². The van der Waals surface area contributed by atoms with E-state index in [1.165, 1.54) is 15.9 Å². The highest BCUT2D eigenvalue weighted by molar-refractivity contribution is 7.98. The van der Waals surface area contributed by atoms with Crippen LogP contribution in [-0.4, -0.2) is 0 Å². The standard InChI is InChI=1S/C22H22P/c1-2-3-19-23(20-13-7-4-8-14-20,21-15-9-5-10-16-21)22-17-11-6-12-18-22/h3-19H,2H2,1H3/q+1/b19-3+. The molecule has 114 valence electrons. The fourth-order valence-corrected chi connectivity index (χ4v) is 6.82. The number of rotatable bonds is 5. The van der Waals surface area contributed by atoms with Gasteiger partial charge >= 0.3 is 0 Å². The molecule has 3 aromatic rings. The third-order valence-electron chi connectivity index (χ3n) is 4.06. The maximum atomic E-state index is 2.47. The Morgan fingerprint density at radius 1 is 0.609 bits per heavy atom. The summed E-state index contributed by atoms with van der Waals surface area (Å²) >= 11 is 0. The molecular weight excluding hydrogens is 295 g/mol. The molecular formula is C22H22P+. The molecule has 1 heteroatoms. The van der Waals surface area contributed by atoms with Crippen LogP contribution in [0.15, 0.2) is 103 Å². The maximum Gasteiger partial charge on any atom is 0.136 e. The van der Waals surface area contributed by atoms with Gasteiger partial charge in [0.2, 0.25) is 0 Å². The van der Waals surface area contributed by atoms with Gasteiger partial charge in [0.15, 0.2) is 0 Å². The van der Waals surface area contributed by atoms with Crippen molar-refractivity contribution >= 4 is 23.2 Å². The van der Waals surface area contributed by atoms with Crippen molar-refractivity contribution in [1.29, 1.82) is 0 Å². The van der Waals surface area contributed by atoms with Gasteiger partial charge in [-0.1, -0.05) is 61.5 Å². The van der Waals surface area contributed by atoms with Crippen LogP contribution in [0.1, 0.15) is 13.3 Å². The molecule has 0 heterocycles. The van der Waals surface area contributed by atoms with E-state index < -0.39 is 7.26 Å². The Labute approximate surface area is 139 Å². The van der Waals surface area contributed by atoms with Crippen LogP contribution >= 0.6 is 7.26 Å². The van der Waals surface area contributed by atoms with E-state index in [1.807, 2.05) is 0 Å². The predicted molar refractivity (Wildman–Crippen MR) is 105 cm³/mol. The second-order valence-corrected chi connectivity index (χ2v) is 8.82. The van der Waals surface area contributed by atoms with Crippen LogP contribution in [-0.2, 0) is 0 Å². The van der Waals surface area contributed by atoms with E-state index in [1.54, 1.807) is 0 Å². The number of hydrogen-bond donors (Lipinski definition) is 0. The molecule has 0 fully saturated rings. The van der Waals surface area contributed by atoms with Crippen molar-refractivity contribution in [1.82, 2.24) is 0 Å². The highest BCUT2D eigenvalue weighted by atomic mass is 31.2. The lowest BCUT2D eigenvalue weighted by Crippen LogP contribution is -2.29. The Kier molecular flexibility index (Phi) is 5.05. The molecule has 0 N–H and O–H groups in total. The summed E-state index contributed by atoms with van der Waals surface area (Å²) in [6.45, 7) is 2.20. The van der Waals surface area contributed by atoms with Gasteiger partial charge in [0, 0.05) is 0 Å². The SMILES string of the molecule is CC/C=C/[P+](c1ccccc1)(c1ccccc1)c1ccccc1. The summed E-state index contributed by atoms with van der Waals surface area (Å²) in [5.74, 6) is 2.47. The van der Waals surface area contributed by atoms with E-state index in [0.717, 1.165) is 6.42 Å². The molecule has 0 aliphatic carbocycles. The summed E-state index contributed by atoms with van der Waals surface area (Å²) in [6, 6.07) is 32.8. The molecule has 0 atom stereocenters. The van der Waals surface area contributed by atoms with E-state index in [2.05, 4.69) is 110 Å². The van der Waals surface area contributed by atoms with Crippen molar-refractivity contribution in [2.45, 2.75) is 13.3 Å². The second kappa shape index (κ2) is 7.40.